The molecule has 0 bridgehead atoms. The Labute approximate surface area is 197 Å². The Kier molecular flexibility index (Phi) is 7.90. The molecule has 33 heavy (non-hydrogen) atoms. The van der Waals surface area contributed by atoms with Crippen LogP contribution in [0.3, 0.4) is 0 Å². The van der Waals surface area contributed by atoms with E-state index >= 15 is 0 Å². The van der Waals surface area contributed by atoms with Gasteiger partial charge < -0.3 is 15.1 Å². The summed E-state index contributed by atoms with van der Waals surface area (Å²) < 4.78 is 5.88. The Morgan fingerprint density at radius 1 is 1.00 bits per heavy atom. The Hall–Kier alpha value is -3.15. The van der Waals surface area contributed by atoms with Gasteiger partial charge in [0.05, 0.1) is 6.04 Å². The molecule has 0 saturated heterocycles. The first-order valence-electron chi connectivity index (χ1n) is 11.8. The van der Waals surface area contributed by atoms with Gasteiger partial charge in [0.1, 0.15) is 0 Å². The molecular formula is C27H36N4O2. The van der Waals surface area contributed by atoms with Crippen LogP contribution in [0.25, 0.3) is 11.5 Å². The molecule has 1 amide bonds. The van der Waals surface area contributed by atoms with Gasteiger partial charge in [0.2, 0.25) is 11.8 Å². The van der Waals surface area contributed by atoms with E-state index in [9.17, 15) is 4.79 Å². The normalized spacial score (nSPS) is 13.4. The van der Waals surface area contributed by atoms with Crippen molar-refractivity contribution >= 4 is 11.6 Å². The second-order valence-electron chi connectivity index (χ2n) is 9.63. The molecule has 3 aromatic rings. The average Bonchev–Trinajstić information content (AvgIpc) is 3.32. The van der Waals surface area contributed by atoms with E-state index < -0.39 is 0 Å². The van der Waals surface area contributed by atoms with Gasteiger partial charge in [-0.05, 0) is 54.3 Å². The van der Waals surface area contributed by atoms with Crippen molar-refractivity contribution in [3.8, 4) is 11.5 Å². The van der Waals surface area contributed by atoms with Gasteiger partial charge in [-0.25, -0.2) is 0 Å². The van der Waals surface area contributed by atoms with Gasteiger partial charge >= 0.3 is 0 Å². The zero-order chi connectivity index (χ0) is 24.0. The molecule has 3 rings (SSSR count). The molecule has 2 atom stereocenters. The second kappa shape index (κ2) is 10.6. The molecular weight excluding hydrogens is 412 g/mol. The van der Waals surface area contributed by atoms with Crippen molar-refractivity contribution in [1.82, 2.24) is 15.5 Å². The Morgan fingerprint density at radius 3 is 2.21 bits per heavy atom. The van der Waals surface area contributed by atoms with Crippen molar-refractivity contribution in [2.75, 3.05) is 11.9 Å². The largest absolute Gasteiger partial charge is 0.420 e. The van der Waals surface area contributed by atoms with Crippen LogP contribution in [0, 0.1) is 5.92 Å². The van der Waals surface area contributed by atoms with Gasteiger partial charge in [0.15, 0.2) is 0 Å². The molecule has 2 N–H and O–H groups in total. The van der Waals surface area contributed by atoms with Crippen LogP contribution in [-0.2, 0) is 5.41 Å². The van der Waals surface area contributed by atoms with E-state index in [1.165, 1.54) is 5.56 Å². The predicted molar refractivity (Wildman–Crippen MR) is 133 cm³/mol. The molecule has 0 spiro atoms. The molecule has 1 aromatic heterocycles. The molecule has 2 aromatic carbocycles. The van der Waals surface area contributed by atoms with Gasteiger partial charge in [0, 0.05) is 28.8 Å². The lowest BCUT2D eigenvalue weighted by Gasteiger charge is -2.26. The van der Waals surface area contributed by atoms with Crippen LogP contribution in [0.2, 0.25) is 0 Å². The van der Waals surface area contributed by atoms with Crippen molar-refractivity contribution in [1.29, 1.82) is 0 Å². The fourth-order valence-corrected chi connectivity index (χ4v) is 3.50. The number of anilines is 1. The summed E-state index contributed by atoms with van der Waals surface area (Å²) in [5.41, 5.74) is 3.58. The van der Waals surface area contributed by atoms with Gasteiger partial charge in [-0.3, -0.25) is 4.79 Å². The predicted octanol–water partition coefficient (Wildman–Crippen LogP) is 6.37. The highest BCUT2D eigenvalue weighted by molar-refractivity contribution is 5.94. The SMILES string of the molecule is CCCNC(=O)c1ccc(NC(c2ccc(-c3nnc(C(C)(C)C)o3)cc2)C(C)CC)cc1. The lowest BCUT2D eigenvalue weighted by Crippen LogP contribution is -2.24. The first-order chi connectivity index (χ1) is 15.7. The van der Waals surface area contributed by atoms with E-state index in [0.29, 0.717) is 29.8 Å². The number of nitrogens with zero attached hydrogens (tertiary/aromatic N) is 2. The number of hydrogen-bond acceptors (Lipinski definition) is 5. The number of carbonyl (C=O) groups is 1. The Morgan fingerprint density at radius 2 is 1.67 bits per heavy atom. The summed E-state index contributed by atoms with van der Waals surface area (Å²) >= 11 is 0. The number of aromatic nitrogens is 2. The van der Waals surface area contributed by atoms with Crippen molar-refractivity contribution < 1.29 is 9.21 Å². The molecule has 0 aliphatic carbocycles. The average molecular weight is 449 g/mol. The molecule has 0 fully saturated rings. The van der Waals surface area contributed by atoms with Gasteiger partial charge in [-0.15, -0.1) is 10.2 Å². The van der Waals surface area contributed by atoms with Gasteiger partial charge in [0.25, 0.3) is 5.91 Å². The lowest BCUT2D eigenvalue weighted by atomic mass is 9.91. The second-order valence-corrected chi connectivity index (χ2v) is 9.63. The molecule has 1 heterocycles. The minimum Gasteiger partial charge on any atom is -0.420 e. The zero-order valence-corrected chi connectivity index (χ0v) is 20.6. The highest BCUT2D eigenvalue weighted by Gasteiger charge is 2.23. The van der Waals surface area contributed by atoms with Crippen LogP contribution in [0.5, 0.6) is 0 Å². The monoisotopic (exact) mass is 448 g/mol. The highest BCUT2D eigenvalue weighted by atomic mass is 16.4. The molecule has 176 valence electrons. The molecule has 0 aliphatic rings. The summed E-state index contributed by atoms with van der Waals surface area (Å²) in [5.74, 6) is 1.55. The number of carbonyl (C=O) groups excluding carboxylic acids is 1. The summed E-state index contributed by atoms with van der Waals surface area (Å²) in [6.07, 6.45) is 1.96. The van der Waals surface area contributed by atoms with E-state index in [0.717, 1.165) is 24.1 Å². The molecule has 6 heteroatoms. The van der Waals surface area contributed by atoms with E-state index in [-0.39, 0.29) is 17.4 Å². The molecule has 0 saturated carbocycles. The quantitative estimate of drug-likeness (QED) is 0.397. The molecule has 0 radical (unpaired) electrons. The van der Waals surface area contributed by atoms with Gasteiger partial charge in [-0.1, -0.05) is 60.1 Å². The maximum absolute atomic E-state index is 12.2. The van der Waals surface area contributed by atoms with Crippen LogP contribution in [-0.4, -0.2) is 22.6 Å². The minimum atomic E-state index is -0.178. The van der Waals surface area contributed by atoms with E-state index in [2.05, 4.69) is 67.6 Å². The fraction of sp³-hybridized carbons (Fsp3) is 0.444. The first-order valence-corrected chi connectivity index (χ1v) is 11.8. The third-order valence-corrected chi connectivity index (χ3v) is 5.80. The smallest absolute Gasteiger partial charge is 0.251 e. The highest BCUT2D eigenvalue weighted by Crippen LogP contribution is 2.31. The van der Waals surface area contributed by atoms with Crippen molar-refractivity contribution in [3.63, 3.8) is 0 Å². The lowest BCUT2D eigenvalue weighted by molar-refractivity contribution is 0.0953. The van der Waals surface area contributed by atoms with Crippen molar-refractivity contribution in [3.05, 3.63) is 65.5 Å². The van der Waals surface area contributed by atoms with E-state index in [1.54, 1.807) is 0 Å². The molecule has 2 unspecified atom stereocenters. The summed E-state index contributed by atoms with van der Waals surface area (Å²) in [6, 6.07) is 16.1. The van der Waals surface area contributed by atoms with E-state index in [1.807, 2.05) is 43.3 Å². The first kappa shape index (κ1) is 24.5. The van der Waals surface area contributed by atoms with Crippen molar-refractivity contribution in [2.24, 2.45) is 5.92 Å². The summed E-state index contributed by atoms with van der Waals surface area (Å²) in [4.78, 5) is 12.2. The maximum atomic E-state index is 12.2. The summed E-state index contributed by atoms with van der Waals surface area (Å²) in [5, 5.41) is 15.0. The number of rotatable bonds is 9. The number of amides is 1. The number of nitrogens with one attached hydrogen (secondary N) is 2. The third-order valence-electron chi connectivity index (χ3n) is 5.80. The summed E-state index contributed by atoms with van der Waals surface area (Å²) in [6.45, 7) is 13.3. The van der Waals surface area contributed by atoms with Crippen LogP contribution in [0.15, 0.2) is 52.9 Å². The van der Waals surface area contributed by atoms with Crippen LogP contribution in [0.4, 0.5) is 5.69 Å². The summed E-state index contributed by atoms with van der Waals surface area (Å²) in [7, 11) is 0. The molecule has 6 nitrogen and oxygen atoms in total. The van der Waals surface area contributed by atoms with Crippen molar-refractivity contribution in [2.45, 2.75) is 65.8 Å². The zero-order valence-electron chi connectivity index (χ0n) is 20.6. The maximum Gasteiger partial charge on any atom is 0.251 e. The topological polar surface area (TPSA) is 80.0 Å². The Bertz CT molecular complexity index is 1030. The number of benzene rings is 2. The van der Waals surface area contributed by atoms with Gasteiger partial charge in [-0.2, -0.15) is 0 Å². The third kappa shape index (κ3) is 6.21. The fourth-order valence-electron chi connectivity index (χ4n) is 3.50. The standard InChI is InChI=1S/C27H36N4O2/c1-7-17-28-24(32)20-13-15-22(16-14-20)29-23(18(3)8-2)19-9-11-21(12-10-19)25-30-31-26(33-25)27(4,5)6/h9-16,18,23,29H,7-8,17H2,1-6H3,(H,28,32). The van der Waals surface area contributed by atoms with Crippen LogP contribution in [0.1, 0.15) is 82.2 Å². The molecule has 0 aliphatic heterocycles. The van der Waals surface area contributed by atoms with Crippen LogP contribution >= 0.6 is 0 Å². The Balaban J connectivity index is 1.76. The van der Waals surface area contributed by atoms with E-state index in [4.69, 9.17) is 4.42 Å². The number of hydrogen-bond donors (Lipinski definition) is 2. The minimum absolute atomic E-state index is 0.0342. The van der Waals surface area contributed by atoms with Crippen LogP contribution < -0.4 is 10.6 Å².